The number of aromatic amines is 1. The van der Waals surface area contributed by atoms with Gasteiger partial charge in [-0.3, -0.25) is 9.89 Å². The van der Waals surface area contributed by atoms with Crippen molar-refractivity contribution in [3.8, 4) is 11.6 Å². The highest BCUT2D eigenvalue weighted by Gasteiger charge is 2.31. The second-order valence-electron chi connectivity index (χ2n) is 6.72. The van der Waals surface area contributed by atoms with Gasteiger partial charge in [0, 0.05) is 24.5 Å². The largest absolute Gasteiger partial charge is 0.436 e. The number of nitrogens with zero attached hydrogens (tertiary/aromatic N) is 4. The van der Waals surface area contributed by atoms with E-state index in [4.69, 9.17) is 4.74 Å². The van der Waals surface area contributed by atoms with Crippen LogP contribution in [0.25, 0.3) is 0 Å². The summed E-state index contributed by atoms with van der Waals surface area (Å²) in [5, 5.41) is 6.58. The molecule has 1 atom stereocenters. The first-order valence-electron chi connectivity index (χ1n) is 9.20. The van der Waals surface area contributed by atoms with E-state index in [-0.39, 0.29) is 23.6 Å². The van der Waals surface area contributed by atoms with Gasteiger partial charge in [0.1, 0.15) is 5.69 Å². The fraction of sp³-hybridized carbons (Fsp3) is 0.300. The average Bonchev–Trinajstić information content (AvgIpc) is 3.24. The standard InChI is InChI=1S/C20H20FN5O2/c1-13-12-18(28-17-8-3-2-6-14(17)21)24-19(23-13)16-7-4-5-11-26(16)20(27)15-9-10-22-25-15/h2-3,6,8-10,12,16H,4-5,7,11H2,1H3,(H,22,25)/t16-/m1/s1. The number of aromatic nitrogens is 4. The number of carbonyl (C=O) groups excluding carboxylic acids is 1. The maximum atomic E-state index is 13.9. The Kier molecular flexibility index (Phi) is 5.01. The first-order valence-corrected chi connectivity index (χ1v) is 9.20. The Morgan fingerprint density at radius 3 is 2.89 bits per heavy atom. The van der Waals surface area contributed by atoms with Crippen molar-refractivity contribution in [2.45, 2.75) is 32.2 Å². The van der Waals surface area contributed by atoms with Crippen molar-refractivity contribution in [1.29, 1.82) is 0 Å². The summed E-state index contributed by atoms with van der Waals surface area (Å²) in [6, 6.07) is 9.20. The minimum absolute atomic E-state index is 0.0978. The third kappa shape index (κ3) is 3.71. The zero-order chi connectivity index (χ0) is 19.5. The van der Waals surface area contributed by atoms with Gasteiger partial charge in [0.15, 0.2) is 17.4 Å². The molecule has 28 heavy (non-hydrogen) atoms. The molecule has 1 saturated heterocycles. The van der Waals surface area contributed by atoms with Crippen molar-refractivity contribution in [1.82, 2.24) is 25.1 Å². The van der Waals surface area contributed by atoms with E-state index in [1.807, 2.05) is 6.92 Å². The van der Waals surface area contributed by atoms with Gasteiger partial charge in [-0.2, -0.15) is 10.1 Å². The Bertz CT molecular complexity index is 976. The molecular weight excluding hydrogens is 361 g/mol. The van der Waals surface area contributed by atoms with Crippen LogP contribution in [0.4, 0.5) is 4.39 Å². The van der Waals surface area contributed by atoms with Gasteiger partial charge >= 0.3 is 0 Å². The Balaban J connectivity index is 1.64. The summed E-state index contributed by atoms with van der Waals surface area (Å²) in [6.07, 6.45) is 4.19. The van der Waals surface area contributed by atoms with E-state index in [1.54, 1.807) is 41.4 Å². The highest BCUT2D eigenvalue weighted by molar-refractivity contribution is 5.92. The van der Waals surface area contributed by atoms with Crippen LogP contribution in [0.2, 0.25) is 0 Å². The predicted molar refractivity (Wildman–Crippen MR) is 99.5 cm³/mol. The topological polar surface area (TPSA) is 84.0 Å². The molecule has 1 aromatic carbocycles. The minimum atomic E-state index is -0.464. The van der Waals surface area contributed by atoms with Crippen LogP contribution in [0.1, 0.15) is 47.3 Å². The lowest BCUT2D eigenvalue weighted by Crippen LogP contribution is -2.39. The number of amides is 1. The number of benzene rings is 1. The number of nitrogens with one attached hydrogen (secondary N) is 1. The number of hydrogen-bond acceptors (Lipinski definition) is 5. The number of H-pyrrole nitrogens is 1. The third-order valence-electron chi connectivity index (χ3n) is 4.69. The molecule has 4 rings (SSSR count). The van der Waals surface area contributed by atoms with Gasteiger partial charge in [-0.25, -0.2) is 9.37 Å². The number of likely N-dealkylation sites (tertiary alicyclic amines) is 1. The van der Waals surface area contributed by atoms with Crippen LogP contribution in [0.5, 0.6) is 11.6 Å². The van der Waals surface area contributed by atoms with Crippen LogP contribution in [-0.4, -0.2) is 37.5 Å². The van der Waals surface area contributed by atoms with E-state index in [0.717, 1.165) is 19.3 Å². The smallest absolute Gasteiger partial charge is 0.272 e. The summed E-state index contributed by atoms with van der Waals surface area (Å²) in [5.74, 6) is 0.254. The second-order valence-corrected chi connectivity index (χ2v) is 6.72. The first kappa shape index (κ1) is 18.1. The molecule has 0 spiro atoms. The van der Waals surface area contributed by atoms with Crippen molar-refractivity contribution in [3.63, 3.8) is 0 Å². The molecule has 1 aliphatic heterocycles. The molecular formula is C20H20FN5O2. The van der Waals surface area contributed by atoms with E-state index in [1.165, 1.54) is 6.07 Å². The molecule has 2 aromatic heterocycles. The first-order chi connectivity index (χ1) is 13.6. The molecule has 0 radical (unpaired) electrons. The lowest BCUT2D eigenvalue weighted by Gasteiger charge is -2.34. The van der Waals surface area contributed by atoms with E-state index in [2.05, 4.69) is 20.2 Å². The van der Waals surface area contributed by atoms with Gasteiger partial charge in [-0.1, -0.05) is 12.1 Å². The van der Waals surface area contributed by atoms with Crippen molar-refractivity contribution in [2.75, 3.05) is 6.54 Å². The number of halogens is 1. The highest BCUT2D eigenvalue weighted by Crippen LogP contribution is 2.32. The number of carbonyl (C=O) groups is 1. The molecule has 7 nitrogen and oxygen atoms in total. The lowest BCUT2D eigenvalue weighted by molar-refractivity contribution is 0.0592. The summed E-state index contributed by atoms with van der Waals surface area (Å²) in [4.78, 5) is 23.6. The van der Waals surface area contributed by atoms with Gasteiger partial charge in [0.05, 0.1) is 6.04 Å². The zero-order valence-electron chi connectivity index (χ0n) is 15.4. The minimum Gasteiger partial charge on any atom is -0.436 e. The lowest BCUT2D eigenvalue weighted by atomic mass is 10.0. The van der Waals surface area contributed by atoms with Crippen LogP contribution in [0.15, 0.2) is 42.6 Å². The Hall–Kier alpha value is -3.29. The number of para-hydroxylation sites is 1. The Morgan fingerprint density at radius 2 is 2.11 bits per heavy atom. The van der Waals surface area contributed by atoms with Crippen molar-refractivity contribution < 1.29 is 13.9 Å². The van der Waals surface area contributed by atoms with Gasteiger partial charge < -0.3 is 9.64 Å². The third-order valence-corrected chi connectivity index (χ3v) is 4.69. The van der Waals surface area contributed by atoms with Crippen LogP contribution < -0.4 is 4.74 Å². The average molecular weight is 381 g/mol. The summed E-state index contributed by atoms with van der Waals surface area (Å²) >= 11 is 0. The van der Waals surface area contributed by atoms with Crippen molar-refractivity contribution in [2.24, 2.45) is 0 Å². The van der Waals surface area contributed by atoms with Crippen LogP contribution in [0.3, 0.4) is 0 Å². The van der Waals surface area contributed by atoms with Gasteiger partial charge in [0.25, 0.3) is 5.91 Å². The maximum Gasteiger partial charge on any atom is 0.272 e. The molecule has 1 amide bonds. The number of piperidine rings is 1. The molecule has 1 aliphatic rings. The highest BCUT2D eigenvalue weighted by atomic mass is 19.1. The molecule has 1 fully saturated rings. The fourth-order valence-corrected chi connectivity index (χ4v) is 3.38. The van der Waals surface area contributed by atoms with Crippen LogP contribution >= 0.6 is 0 Å². The Morgan fingerprint density at radius 1 is 1.25 bits per heavy atom. The van der Waals surface area contributed by atoms with Crippen LogP contribution in [0, 0.1) is 12.7 Å². The summed E-state index contributed by atoms with van der Waals surface area (Å²) in [5.41, 5.74) is 1.12. The van der Waals surface area contributed by atoms with E-state index >= 15 is 0 Å². The van der Waals surface area contributed by atoms with Gasteiger partial charge in [-0.15, -0.1) is 0 Å². The number of aryl methyl sites for hydroxylation is 1. The SMILES string of the molecule is Cc1cc(Oc2ccccc2F)nc([C@H]2CCCCN2C(=O)c2ccn[nH]2)n1. The number of ether oxygens (including phenoxy) is 1. The fourth-order valence-electron chi connectivity index (χ4n) is 3.38. The maximum absolute atomic E-state index is 13.9. The van der Waals surface area contributed by atoms with Gasteiger partial charge in [-0.05, 0) is 44.4 Å². The molecule has 3 aromatic rings. The Labute approximate surface area is 161 Å². The quantitative estimate of drug-likeness (QED) is 0.743. The van der Waals surface area contributed by atoms with Crippen molar-refractivity contribution >= 4 is 5.91 Å². The normalized spacial score (nSPS) is 16.8. The predicted octanol–water partition coefficient (Wildman–Crippen LogP) is 3.81. The molecule has 3 heterocycles. The summed E-state index contributed by atoms with van der Waals surface area (Å²) < 4.78 is 19.6. The van der Waals surface area contributed by atoms with E-state index in [9.17, 15) is 9.18 Å². The van der Waals surface area contributed by atoms with Crippen LogP contribution in [-0.2, 0) is 0 Å². The molecule has 0 unspecified atom stereocenters. The molecule has 1 N–H and O–H groups in total. The summed E-state index contributed by atoms with van der Waals surface area (Å²) in [6.45, 7) is 2.44. The number of rotatable bonds is 4. The molecule has 0 bridgehead atoms. The molecule has 0 aliphatic carbocycles. The molecule has 0 saturated carbocycles. The zero-order valence-corrected chi connectivity index (χ0v) is 15.4. The van der Waals surface area contributed by atoms with E-state index < -0.39 is 5.82 Å². The van der Waals surface area contributed by atoms with Gasteiger partial charge in [0.2, 0.25) is 5.88 Å². The molecule has 8 heteroatoms. The number of hydrogen-bond donors (Lipinski definition) is 1. The van der Waals surface area contributed by atoms with Crippen molar-refractivity contribution in [3.05, 3.63) is 65.6 Å². The monoisotopic (exact) mass is 381 g/mol. The second kappa shape index (κ2) is 7.75. The summed E-state index contributed by atoms with van der Waals surface area (Å²) in [7, 11) is 0. The molecule has 144 valence electrons. The van der Waals surface area contributed by atoms with E-state index in [0.29, 0.717) is 23.8 Å².